The second kappa shape index (κ2) is 42.8. The van der Waals surface area contributed by atoms with Crippen LogP contribution in [-0.2, 0) is 30.4 Å². The van der Waals surface area contributed by atoms with Crippen LogP contribution in [-0.4, -0.2) is 38.5 Å². The highest BCUT2D eigenvalue weighted by atomic mass is 79.9. The van der Waals surface area contributed by atoms with Crippen molar-refractivity contribution >= 4 is 102 Å². The van der Waals surface area contributed by atoms with Crippen LogP contribution in [0.5, 0.6) is 11.5 Å². The van der Waals surface area contributed by atoms with E-state index in [1.165, 1.54) is 0 Å². The van der Waals surface area contributed by atoms with Gasteiger partial charge in [0, 0.05) is 23.0 Å². The lowest BCUT2D eigenvalue weighted by Crippen LogP contribution is -1.99. The molecule has 0 amide bonds. The van der Waals surface area contributed by atoms with Crippen molar-refractivity contribution in [2.75, 3.05) is 27.1 Å². The molecule has 9 aromatic carbocycles. The van der Waals surface area contributed by atoms with Gasteiger partial charge in [-0.1, -0.05) is 248 Å². The number of halogens is 2. The molecule has 0 aromatic heterocycles. The van der Waals surface area contributed by atoms with Crippen LogP contribution in [0.1, 0.15) is 96.5 Å². The quantitative estimate of drug-likeness (QED) is 0.0197. The average molecular weight is 1310 g/mol. The Bertz CT molecular complexity index is 3880. The number of alkyl halides is 1. The summed E-state index contributed by atoms with van der Waals surface area (Å²) in [7, 11) is -1.39. The molecule has 0 aliphatic carbocycles. The maximum Gasteiger partial charge on any atom is 0.335 e. The minimum atomic E-state index is -2.99. The van der Waals surface area contributed by atoms with Crippen LogP contribution in [0.3, 0.4) is 0 Å². The Morgan fingerprint density at radius 2 is 0.846 bits per heavy atom. The Balaban J connectivity index is 0.000000241. The smallest absolute Gasteiger partial charge is 0.335 e. The largest absolute Gasteiger partial charge is 0.508 e. The van der Waals surface area contributed by atoms with E-state index >= 15 is 0 Å². The molecule has 0 unspecified atom stereocenters. The normalized spacial score (nSPS) is 10.3. The zero-order chi connectivity index (χ0) is 65.9. The van der Waals surface area contributed by atoms with Crippen molar-refractivity contribution in [2.45, 2.75) is 25.9 Å². The SMILES string of the molecule is C=Cc1ccc(/C=C/c2ccc(C#N)cc2)cc1.C=Cc1ccc(CCl)cc1.C=Cc1ccc(CP(=O)(OCC)OCC)cc1.COCOc1ccc(Br)cc1.N#Cc1ccc(/C=C/c2ccc(/C=C/c3ccc(O)cc3)cc2)cc1.[C-]#[N+]c1ccc(C=O)cc1. The second-order valence-electron chi connectivity index (χ2n) is 19.1. The van der Waals surface area contributed by atoms with Crippen molar-refractivity contribution in [3.63, 3.8) is 0 Å². The summed E-state index contributed by atoms with van der Waals surface area (Å²) in [4.78, 5) is 13.3. The lowest BCUT2D eigenvalue weighted by molar-refractivity contribution is 0.0511. The predicted molar refractivity (Wildman–Crippen MR) is 382 cm³/mol. The van der Waals surface area contributed by atoms with Crippen molar-refractivity contribution in [1.82, 2.24) is 0 Å². The predicted octanol–water partition coefficient (Wildman–Crippen LogP) is 21.6. The number of nitriles is 2. The molecule has 0 fully saturated rings. The third-order valence-electron chi connectivity index (χ3n) is 12.4. The van der Waals surface area contributed by atoms with Gasteiger partial charge in [0.05, 0.1) is 49.2 Å². The molecule has 0 heterocycles. The molecular weight excluding hydrogens is 1240 g/mol. The first-order valence-electron chi connectivity index (χ1n) is 28.6. The summed E-state index contributed by atoms with van der Waals surface area (Å²) in [6.45, 7) is 22.4. The molecule has 460 valence electrons. The molecule has 0 saturated heterocycles. The van der Waals surface area contributed by atoms with Crippen LogP contribution in [0, 0.1) is 29.2 Å². The van der Waals surface area contributed by atoms with Gasteiger partial charge in [0.25, 0.3) is 0 Å². The Kier molecular flexibility index (Phi) is 34.6. The number of carbonyl (C=O) groups is 1. The summed E-state index contributed by atoms with van der Waals surface area (Å²) >= 11 is 8.92. The maximum atomic E-state index is 12.3. The number of phenolic OH excluding ortho intramolecular Hbond substituents is 1. The number of methoxy groups -OCH3 is 1. The van der Waals surface area contributed by atoms with Crippen LogP contribution in [0.4, 0.5) is 5.69 Å². The third-order valence-corrected chi connectivity index (χ3v) is 15.3. The van der Waals surface area contributed by atoms with Gasteiger partial charge in [0.1, 0.15) is 17.8 Å². The van der Waals surface area contributed by atoms with Crippen molar-refractivity contribution in [3.05, 3.63) is 332 Å². The van der Waals surface area contributed by atoms with Crippen LogP contribution in [0.25, 0.3) is 59.5 Å². The van der Waals surface area contributed by atoms with Crippen molar-refractivity contribution in [3.8, 4) is 23.6 Å². The molecule has 0 bridgehead atoms. The summed E-state index contributed by atoms with van der Waals surface area (Å²) in [6, 6.07) is 72.6. The summed E-state index contributed by atoms with van der Waals surface area (Å²) in [5, 5.41) is 26.8. The van der Waals surface area contributed by atoms with E-state index in [-0.39, 0.29) is 5.75 Å². The van der Waals surface area contributed by atoms with Crippen molar-refractivity contribution in [2.24, 2.45) is 0 Å². The molecule has 0 saturated carbocycles. The summed E-state index contributed by atoms with van der Waals surface area (Å²) in [5.41, 5.74) is 14.5. The summed E-state index contributed by atoms with van der Waals surface area (Å²) < 4.78 is 33.7. The van der Waals surface area contributed by atoms with Crippen LogP contribution in [0.15, 0.2) is 243 Å². The highest BCUT2D eigenvalue weighted by Gasteiger charge is 2.23. The standard InChI is InChI=1S/C23H17NO.C17H13N.C13H19O3P.C9H9Cl.C8H9BrO2.C8H5NO/c24-17-22-11-9-20(10-12-22)6-5-18-1-3-19(4-2-18)7-8-21-13-15-23(25)16-14-21;1-2-14-3-5-15(6-4-14)7-8-16-9-11-17(13-18)12-10-16;1-4-12-7-9-13(10-8-12)11-17(14,15-5-2)16-6-3;1-2-8-3-5-9(7-10)6-4-8;1-10-6-11-8-4-2-7(9)3-5-8;1-9-8-4-2-7(6-10)3-5-8/h1-16,25H;2-12H,1H2;4,7-10H,1,5-6,11H2,2-3H3;2-6H,1,7H2;2-5H,6H2,1H3;2-6H/b6-5+,8-7+;8-7+;;;;. The van der Waals surface area contributed by atoms with Gasteiger partial charge in [-0.2, -0.15) is 10.5 Å². The fourth-order valence-electron chi connectivity index (χ4n) is 7.49. The molecule has 10 nitrogen and oxygen atoms in total. The van der Waals surface area contributed by atoms with Gasteiger partial charge in [-0.05, 0) is 136 Å². The van der Waals surface area contributed by atoms with E-state index in [9.17, 15) is 14.5 Å². The number of nitrogens with zero attached hydrogens (tertiary/aromatic N) is 3. The number of hydrogen-bond acceptors (Lipinski definition) is 9. The van der Waals surface area contributed by atoms with E-state index in [0.29, 0.717) is 54.4 Å². The molecule has 0 atom stereocenters. The lowest BCUT2D eigenvalue weighted by atomic mass is 10.1. The summed E-state index contributed by atoms with van der Waals surface area (Å²) in [6.07, 6.45) is 18.7. The Morgan fingerprint density at radius 3 is 1.16 bits per heavy atom. The minimum absolute atomic E-state index is 0.274. The molecule has 9 aromatic rings. The zero-order valence-corrected chi connectivity index (χ0v) is 54.4. The number of hydrogen-bond donors (Lipinski definition) is 1. The van der Waals surface area contributed by atoms with E-state index in [4.69, 9.17) is 47.2 Å². The molecular formula is C78H72BrClN3O7P. The first-order chi connectivity index (χ1) is 44.2. The number of rotatable bonds is 20. The van der Waals surface area contributed by atoms with Gasteiger partial charge in [0.15, 0.2) is 12.5 Å². The monoisotopic (exact) mass is 1310 g/mol. The highest BCUT2D eigenvalue weighted by molar-refractivity contribution is 9.10. The van der Waals surface area contributed by atoms with Crippen molar-refractivity contribution < 1.29 is 33.0 Å². The average Bonchev–Trinajstić information content (AvgIpc) is 3.80. The Morgan fingerprint density at radius 1 is 0.516 bits per heavy atom. The summed E-state index contributed by atoms with van der Waals surface area (Å²) in [5.74, 6) is 1.67. The van der Waals surface area contributed by atoms with E-state index in [1.54, 1.807) is 49.6 Å². The Hall–Kier alpha value is -9.96. The number of benzene rings is 9. The number of aldehydes is 1. The number of aromatic hydroxyl groups is 1. The van der Waals surface area contributed by atoms with E-state index in [2.05, 4.69) is 95.1 Å². The minimum Gasteiger partial charge on any atom is -0.508 e. The van der Waals surface area contributed by atoms with Gasteiger partial charge in [-0.3, -0.25) is 9.36 Å². The van der Waals surface area contributed by atoms with E-state index in [0.717, 1.165) is 77.7 Å². The molecule has 0 aliphatic heterocycles. The number of carbonyl (C=O) groups excluding carboxylic acids is 1. The topological polar surface area (TPSA) is 143 Å². The van der Waals surface area contributed by atoms with Gasteiger partial charge in [-0.25, -0.2) is 4.85 Å². The van der Waals surface area contributed by atoms with Crippen LogP contribution in [0.2, 0.25) is 0 Å². The first-order valence-corrected chi connectivity index (χ1v) is 31.6. The molecule has 91 heavy (non-hydrogen) atoms. The number of phenols is 1. The first kappa shape index (κ1) is 73.5. The van der Waals surface area contributed by atoms with Gasteiger partial charge < -0.3 is 23.6 Å². The van der Waals surface area contributed by atoms with Gasteiger partial charge in [-0.15, -0.1) is 11.6 Å². The maximum absolute atomic E-state index is 12.3. The second-order valence-corrected chi connectivity index (χ2v) is 22.3. The van der Waals surface area contributed by atoms with Crippen LogP contribution < -0.4 is 4.74 Å². The van der Waals surface area contributed by atoms with Crippen molar-refractivity contribution in [1.29, 1.82) is 10.5 Å². The fourth-order valence-corrected chi connectivity index (χ4v) is 9.64. The molecule has 0 aliphatic rings. The molecule has 9 rings (SSSR count). The molecule has 13 heteroatoms. The van der Waals surface area contributed by atoms with E-state index < -0.39 is 7.60 Å². The molecule has 0 radical (unpaired) electrons. The zero-order valence-electron chi connectivity index (χ0n) is 51.2. The number of ether oxygens (including phenoxy) is 2. The molecule has 0 spiro atoms. The van der Waals surface area contributed by atoms with Gasteiger partial charge in [0.2, 0.25) is 0 Å². The third kappa shape index (κ3) is 29.7. The fraction of sp³-hybridized carbons (Fsp3) is 0.103. The lowest BCUT2D eigenvalue weighted by Gasteiger charge is -2.16. The van der Waals surface area contributed by atoms with Gasteiger partial charge >= 0.3 is 7.60 Å². The Labute approximate surface area is 550 Å². The van der Waals surface area contributed by atoms with Crippen LogP contribution >= 0.6 is 35.1 Å². The van der Waals surface area contributed by atoms with E-state index in [1.807, 2.05) is 202 Å². The highest BCUT2D eigenvalue weighted by Crippen LogP contribution is 2.51. The molecule has 1 N–H and O–H groups in total.